The van der Waals surface area contributed by atoms with Crippen molar-refractivity contribution in [3.63, 3.8) is 0 Å². The first-order valence-corrected chi connectivity index (χ1v) is 13.9. The number of para-hydroxylation sites is 1. The molecule has 8 heteroatoms. The minimum atomic E-state index is -0.934. The van der Waals surface area contributed by atoms with Crippen LogP contribution in [0.4, 0.5) is 5.69 Å². The van der Waals surface area contributed by atoms with E-state index in [0.717, 1.165) is 28.1 Å². The predicted octanol–water partition coefficient (Wildman–Crippen LogP) is 4.78. The minimum Gasteiger partial charge on any atom is -0.465 e. The zero-order valence-corrected chi connectivity index (χ0v) is 23.3. The molecule has 0 bridgehead atoms. The number of imide groups is 1. The van der Waals surface area contributed by atoms with Crippen LogP contribution in [0.1, 0.15) is 35.3 Å². The number of anilines is 1. The van der Waals surface area contributed by atoms with Gasteiger partial charge in [-0.15, -0.1) is 0 Å². The number of nitrogens with zero attached hydrogens (tertiary/aromatic N) is 4. The number of rotatable bonds is 7. The molecule has 0 spiro atoms. The molecule has 41 heavy (non-hydrogen) atoms. The SMILES string of the molecule is CCOC(=O)C1[C@@H]2C(=O)N(c3ccc(C)cc3)C(=O)[C@@H]2[C@H](c2cn(-c3ccccc3)nc2C)N1Cc1ccccc1. The van der Waals surface area contributed by atoms with Gasteiger partial charge >= 0.3 is 5.97 Å². The number of esters is 1. The fourth-order valence-corrected chi connectivity index (χ4v) is 6.26. The summed E-state index contributed by atoms with van der Waals surface area (Å²) in [6, 6.07) is 25.3. The molecule has 1 aromatic heterocycles. The Morgan fingerprint density at radius 2 is 1.46 bits per heavy atom. The fourth-order valence-electron chi connectivity index (χ4n) is 6.26. The first kappa shape index (κ1) is 26.7. The van der Waals surface area contributed by atoms with Crippen LogP contribution in [0.2, 0.25) is 0 Å². The van der Waals surface area contributed by atoms with Gasteiger partial charge in [-0.1, -0.05) is 66.2 Å². The minimum absolute atomic E-state index is 0.172. The number of aryl methyl sites for hydroxylation is 2. The highest BCUT2D eigenvalue weighted by molar-refractivity contribution is 6.23. The molecule has 3 heterocycles. The molecule has 2 fully saturated rings. The summed E-state index contributed by atoms with van der Waals surface area (Å²) in [6.07, 6.45) is 1.92. The topological polar surface area (TPSA) is 84.7 Å². The summed E-state index contributed by atoms with van der Waals surface area (Å²) in [7, 11) is 0. The molecule has 2 aliphatic rings. The number of likely N-dealkylation sites (tertiary alicyclic amines) is 1. The van der Waals surface area contributed by atoms with Crippen molar-refractivity contribution in [3.05, 3.63) is 114 Å². The van der Waals surface area contributed by atoms with Crippen molar-refractivity contribution in [1.29, 1.82) is 0 Å². The van der Waals surface area contributed by atoms with E-state index in [4.69, 9.17) is 9.84 Å². The standard InChI is InChI=1S/C33H32N4O4/c1-4-41-33(40)30-28-27(31(38)37(32(28)39)25-17-15-21(2)16-18-25)29(35(30)19-23-11-7-5-8-12-23)26-20-36(34-22(26)3)24-13-9-6-10-14-24/h5-18,20,27-30H,4,19H2,1-3H3/t27-,28+,29-,30?/m0/s1. The maximum Gasteiger partial charge on any atom is 0.324 e. The summed E-state index contributed by atoms with van der Waals surface area (Å²) in [5.41, 5.74) is 4.91. The molecule has 3 aromatic carbocycles. The third-order valence-corrected chi connectivity index (χ3v) is 8.10. The van der Waals surface area contributed by atoms with E-state index < -0.39 is 29.9 Å². The van der Waals surface area contributed by atoms with E-state index >= 15 is 0 Å². The molecule has 208 valence electrons. The third-order valence-electron chi connectivity index (χ3n) is 8.10. The Morgan fingerprint density at radius 1 is 0.829 bits per heavy atom. The largest absolute Gasteiger partial charge is 0.465 e. The van der Waals surface area contributed by atoms with E-state index in [1.54, 1.807) is 23.7 Å². The number of fused-ring (bicyclic) bond motifs is 1. The van der Waals surface area contributed by atoms with Gasteiger partial charge in [0.05, 0.1) is 41.6 Å². The smallest absolute Gasteiger partial charge is 0.324 e. The van der Waals surface area contributed by atoms with Crippen LogP contribution in [0.25, 0.3) is 5.69 Å². The average molecular weight is 549 g/mol. The highest BCUT2D eigenvalue weighted by Gasteiger charge is 2.65. The number of aromatic nitrogens is 2. The van der Waals surface area contributed by atoms with E-state index in [9.17, 15) is 14.4 Å². The lowest BCUT2D eigenvalue weighted by molar-refractivity contribution is -0.152. The number of carbonyl (C=O) groups is 3. The molecule has 2 amide bonds. The van der Waals surface area contributed by atoms with Crippen molar-refractivity contribution in [2.45, 2.75) is 39.4 Å². The van der Waals surface area contributed by atoms with Crippen LogP contribution in [0.15, 0.2) is 91.1 Å². The van der Waals surface area contributed by atoms with Gasteiger partial charge in [0.1, 0.15) is 6.04 Å². The van der Waals surface area contributed by atoms with E-state index in [1.165, 1.54) is 4.90 Å². The molecule has 4 aromatic rings. The van der Waals surface area contributed by atoms with Crippen molar-refractivity contribution in [1.82, 2.24) is 14.7 Å². The van der Waals surface area contributed by atoms with E-state index in [0.29, 0.717) is 12.2 Å². The van der Waals surface area contributed by atoms with Crippen molar-refractivity contribution >= 4 is 23.5 Å². The van der Waals surface area contributed by atoms with Crippen LogP contribution >= 0.6 is 0 Å². The quantitative estimate of drug-likeness (QED) is 0.244. The number of carbonyl (C=O) groups excluding carboxylic acids is 3. The highest BCUT2D eigenvalue weighted by Crippen LogP contribution is 2.52. The first-order chi connectivity index (χ1) is 19.9. The molecule has 1 unspecified atom stereocenters. The maximum absolute atomic E-state index is 14.3. The predicted molar refractivity (Wildman–Crippen MR) is 154 cm³/mol. The van der Waals surface area contributed by atoms with Gasteiger partial charge in [-0.25, -0.2) is 9.58 Å². The van der Waals surface area contributed by atoms with Crippen molar-refractivity contribution in [3.8, 4) is 5.69 Å². The van der Waals surface area contributed by atoms with Gasteiger partial charge in [-0.3, -0.25) is 19.3 Å². The van der Waals surface area contributed by atoms with Gasteiger partial charge in [0.15, 0.2) is 0 Å². The zero-order chi connectivity index (χ0) is 28.7. The van der Waals surface area contributed by atoms with E-state index in [-0.39, 0.29) is 18.4 Å². The molecule has 4 atom stereocenters. The second-order valence-electron chi connectivity index (χ2n) is 10.6. The molecule has 2 aliphatic heterocycles. The molecule has 0 N–H and O–H groups in total. The second-order valence-corrected chi connectivity index (χ2v) is 10.6. The molecular formula is C33H32N4O4. The number of hydrogen-bond acceptors (Lipinski definition) is 6. The van der Waals surface area contributed by atoms with Gasteiger partial charge in [0.25, 0.3) is 0 Å². The van der Waals surface area contributed by atoms with Crippen LogP contribution in [-0.4, -0.2) is 45.1 Å². The second kappa shape index (κ2) is 10.8. The van der Waals surface area contributed by atoms with Gasteiger partial charge in [-0.05, 0) is 50.6 Å². The highest BCUT2D eigenvalue weighted by atomic mass is 16.5. The molecule has 0 radical (unpaired) electrons. The maximum atomic E-state index is 14.3. The molecular weight excluding hydrogens is 516 g/mol. The Hall–Kier alpha value is -4.56. The fraction of sp³-hybridized carbons (Fsp3) is 0.273. The average Bonchev–Trinajstić information content (AvgIpc) is 3.60. The lowest BCUT2D eigenvalue weighted by atomic mass is 9.86. The molecule has 0 aliphatic carbocycles. The Kier molecular flexibility index (Phi) is 7.01. The zero-order valence-electron chi connectivity index (χ0n) is 23.3. The number of amides is 2. The summed E-state index contributed by atoms with van der Waals surface area (Å²) in [4.78, 5) is 45.3. The monoisotopic (exact) mass is 548 g/mol. The first-order valence-electron chi connectivity index (χ1n) is 13.9. The number of benzene rings is 3. The Morgan fingerprint density at radius 3 is 2.12 bits per heavy atom. The normalized spacial score (nSPS) is 22.3. The summed E-state index contributed by atoms with van der Waals surface area (Å²) < 4.78 is 7.34. The molecule has 8 nitrogen and oxygen atoms in total. The summed E-state index contributed by atoms with van der Waals surface area (Å²) in [5.74, 6) is -2.87. The number of hydrogen-bond donors (Lipinski definition) is 0. The number of ether oxygens (including phenoxy) is 1. The lowest BCUT2D eigenvalue weighted by Gasteiger charge is -2.32. The van der Waals surface area contributed by atoms with Gasteiger partial charge in [0, 0.05) is 18.3 Å². The van der Waals surface area contributed by atoms with Crippen LogP contribution in [0.3, 0.4) is 0 Å². The van der Waals surface area contributed by atoms with Crippen molar-refractivity contribution in [2.75, 3.05) is 11.5 Å². The Balaban J connectivity index is 1.51. The van der Waals surface area contributed by atoms with Crippen LogP contribution in [-0.2, 0) is 25.7 Å². The van der Waals surface area contributed by atoms with Crippen molar-refractivity contribution < 1.29 is 19.1 Å². The summed E-state index contributed by atoms with van der Waals surface area (Å²) >= 11 is 0. The van der Waals surface area contributed by atoms with Crippen LogP contribution in [0, 0.1) is 25.7 Å². The Labute approximate surface area is 239 Å². The van der Waals surface area contributed by atoms with Crippen LogP contribution in [0.5, 0.6) is 0 Å². The Bertz CT molecular complexity index is 1580. The summed E-state index contributed by atoms with van der Waals surface area (Å²) in [5, 5.41) is 4.78. The van der Waals surface area contributed by atoms with Gasteiger partial charge < -0.3 is 4.74 Å². The van der Waals surface area contributed by atoms with Crippen molar-refractivity contribution in [2.24, 2.45) is 11.8 Å². The third kappa shape index (κ3) is 4.64. The molecule has 0 saturated carbocycles. The van der Waals surface area contributed by atoms with E-state index in [1.807, 2.05) is 97.7 Å². The summed E-state index contributed by atoms with van der Waals surface area (Å²) in [6.45, 7) is 6.14. The van der Waals surface area contributed by atoms with Crippen LogP contribution < -0.4 is 4.90 Å². The molecule has 6 rings (SSSR count). The lowest BCUT2D eigenvalue weighted by Crippen LogP contribution is -2.46. The van der Waals surface area contributed by atoms with Gasteiger partial charge in [0.2, 0.25) is 11.8 Å². The van der Waals surface area contributed by atoms with Gasteiger partial charge in [-0.2, -0.15) is 5.10 Å². The molecule has 2 saturated heterocycles. The van der Waals surface area contributed by atoms with E-state index in [2.05, 4.69) is 0 Å².